The van der Waals surface area contributed by atoms with Crippen LogP contribution in [0, 0.1) is 0 Å². The van der Waals surface area contributed by atoms with Crippen LogP contribution in [-0.2, 0) is 6.18 Å². The van der Waals surface area contributed by atoms with Crippen LogP contribution in [0.5, 0.6) is 0 Å². The highest BCUT2D eigenvalue weighted by Crippen LogP contribution is 2.44. The van der Waals surface area contributed by atoms with E-state index in [0.29, 0.717) is 11.3 Å². The number of benzene rings is 3. The lowest BCUT2D eigenvalue weighted by atomic mass is 10.0. The fraction of sp³-hybridized carbons (Fsp3) is 0.182. The number of alkyl halides is 3. The number of thiophene rings is 1. The molecule has 1 heterocycles. The van der Waals surface area contributed by atoms with Gasteiger partial charge < -0.3 is 5.32 Å². The molecule has 4 aromatic rings. The molecule has 4 rings (SSSR count). The number of halogens is 3. The van der Waals surface area contributed by atoms with Crippen LogP contribution in [0.1, 0.15) is 30.9 Å². The lowest BCUT2D eigenvalue weighted by Crippen LogP contribution is -2.04. The van der Waals surface area contributed by atoms with Gasteiger partial charge in [0, 0.05) is 21.2 Å². The summed E-state index contributed by atoms with van der Waals surface area (Å²) in [5, 5.41) is 4.93. The second-order valence-electron chi connectivity index (χ2n) is 6.83. The van der Waals surface area contributed by atoms with Crippen LogP contribution in [0.3, 0.4) is 0 Å². The fourth-order valence-corrected chi connectivity index (χ4v) is 4.70. The average molecular weight is 385 g/mol. The van der Waals surface area contributed by atoms with Gasteiger partial charge in [0.05, 0.1) is 16.0 Å². The molecule has 0 spiro atoms. The minimum Gasteiger partial charge on any atom is -0.354 e. The standard InChI is InChI=1S/C22H18F3NS/c1-13(2)14-7-3-4-11-18(14)26-19-12-6-9-16-15-8-5-10-17(22(23,24)25)20(15)27-21(16)19/h3-13,26H,1-2H3. The van der Waals surface area contributed by atoms with Gasteiger partial charge in [-0.15, -0.1) is 11.3 Å². The van der Waals surface area contributed by atoms with Crippen LogP contribution in [0.4, 0.5) is 24.5 Å². The molecule has 0 aliphatic carbocycles. The van der Waals surface area contributed by atoms with Crippen LogP contribution in [0.2, 0.25) is 0 Å². The third-order valence-electron chi connectivity index (χ3n) is 4.68. The molecule has 1 aromatic heterocycles. The van der Waals surface area contributed by atoms with E-state index in [4.69, 9.17) is 0 Å². The van der Waals surface area contributed by atoms with Gasteiger partial charge in [-0.3, -0.25) is 0 Å². The van der Waals surface area contributed by atoms with Crippen molar-refractivity contribution >= 4 is 42.9 Å². The average Bonchev–Trinajstić information content (AvgIpc) is 3.01. The molecule has 0 fully saturated rings. The molecule has 0 aliphatic heterocycles. The van der Waals surface area contributed by atoms with E-state index in [1.54, 1.807) is 6.07 Å². The number of para-hydroxylation sites is 1. The van der Waals surface area contributed by atoms with Crippen molar-refractivity contribution in [2.45, 2.75) is 25.9 Å². The smallest absolute Gasteiger partial charge is 0.354 e. The molecule has 138 valence electrons. The van der Waals surface area contributed by atoms with E-state index in [1.807, 2.05) is 36.4 Å². The van der Waals surface area contributed by atoms with Crippen LogP contribution < -0.4 is 5.32 Å². The highest BCUT2D eigenvalue weighted by atomic mass is 32.1. The Morgan fingerprint density at radius 3 is 2.11 bits per heavy atom. The number of hydrogen-bond acceptors (Lipinski definition) is 2. The Balaban J connectivity index is 1.91. The second kappa shape index (κ2) is 6.57. The zero-order valence-electron chi connectivity index (χ0n) is 14.9. The zero-order chi connectivity index (χ0) is 19.2. The molecule has 1 nitrogen and oxygen atoms in total. The molecule has 0 bridgehead atoms. The van der Waals surface area contributed by atoms with E-state index in [0.717, 1.165) is 27.5 Å². The van der Waals surface area contributed by atoms with Gasteiger partial charge in [-0.2, -0.15) is 13.2 Å². The highest BCUT2D eigenvalue weighted by molar-refractivity contribution is 7.26. The molecule has 5 heteroatoms. The SMILES string of the molecule is CC(C)c1ccccc1Nc1cccc2c1sc1c(C(F)(F)F)cccc12. The van der Waals surface area contributed by atoms with Crippen LogP contribution in [-0.4, -0.2) is 0 Å². The summed E-state index contributed by atoms with van der Waals surface area (Å²) in [5.74, 6) is 0.340. The van der Waals surface area contributed by atoms with Crippen molar-refractivity contribution in [2.24, 2.45) is 0 Å². The Bertz CT molecular complexity index is 1130. The maximum atomic E-state index is 13.4. The van der Waals surface area contributed by atoms with Gasteiger partial charge >= 0.3 is 6.18 Å². The number of fused-ring (bicyclic) bond motifs is 3. The fourth-order valence-electron chi connectivity index (χ4n) is 3.40. The third kappa shape index (κ3) is 3.16. The first kappa shape index (κ1) is 17.9. The van der Waals surface area contributed by atoms with Crippen molar-refractivity contribution in [3.8, 4) is 0 Å². The number of hydrogen-bond donors (Lipinski definition) is 1. The Morgan fingerprint density at radius 1 is 0.778 bits per heavy atom. The molecule has 0 saturated carbocycles. The van der Waals surface area contributed by atoms with E-state index in [2.05, 4.69) is 25.2 Å². The maximum absolute atomic E-state index is 13.4. The van der Waals surface area contributed by atoms with E-state index in [1.165, 1.54) is 23.0 Å². The van der Waals surface area contributed by atoms with Gasteiger partial charge in [0.15, 0.2) is 0 Å². The molecule has 0 saturated heterocycles. The summed E-state index contributed by atoms with van der Waals surface area (Å²) < 4.78 is 41.4. The van der Waals surface area contributed by atoms with E-state index in [-0.39, 0.29) is 4.70 Å². The summed E-state index contributed by atoms with van der Waals surface area (Å²) in [6.07, 6.45) is -4.36. The minimum absolute atomic E-state index is 0.284. The van der Waals surface area contributed by atoms with Crippen LogP contribution in [0.15, 0.2) is 60.7 Å². The van der Waals surface area contributed by atoms with Crippen LogP contribution >= 0.6 is 11.3 Å². The molecule has 0 atom stereocenters. The summed E-state index contributed by atoms with van der Waals surface area (Å²) in [4.78, 5) is 0. The molecular weight excluding hydrogens is 367 g/mol. The Kier molecular flexibility index (Phi) is 4.35. The zero-order valence-corrected chi connectivity index (χ0v) is 15.7. The van der Waals surface area contributed by atoms with Crippen molar-refractivity contribution in [3.05, 3.63) is 71.8 Å². The summed E-state index contributed by atoms with van der Waals surface area (Å²) in [5.41, 5.74) is 2.41. The molecule has 3 aromatic carbocycles. The summed E-state index contributed by atoms with van der Waals surface area (Å²) in [7, 11) is 0. The largest absolute Gasteiger partial charge is 0.417 e. The molecule has 0 aliphatic rings. The first-order valence-corrected chi connectivity index (χ1v) is 9.55. The Hall–Kier alpha value is -2.53. The predicted octanol–water partition coefficient (Wildman–Crippen LogP) is 7.94. The van der Waals surface area contributed by atoms with Gasteiger partial charge in [-0.25, -0.2) is 0 Å². The van der Waals surface area contributed by atoms with E-state index < -0.39 is 11.7 Å². The quantitative estimate of drug-likeness (QED) is 0.377. The van der Waals surface area contributed by atoms with E-state index in [9.17, 15) is 13.2 Å². The number of rotatable bonds is 3. The molecule has 0 unspecified atom stereocenters. The Labute approximate surface area is 159 Å². The molecule has 0 amide bonds. The van der Waals surface area contributed by atoms with Crippen molar-refractivity contribution < 1.29 is 13.2 Å². The molecule has 1 N–H and O–H groups in total. The van der Waals surface area contributed by atoms with Crippen molar-refractivity contribution in [3.63, 3.8) is 0 Å². The van der Waals surface area contributed by atoms with Crippen molar-refractivity contribution in [1.82, 2.24) is 0 Å². The molecule has 27 heavy (non-hydrogen) atoms. The van der Waals surface area contributed by atoms with Crippen molar-refractivity contribution in [2.75, 3.05) is 5.32 Å². The van der Waals surface area contributed by atoms with Gasteiger partial charge in [-0.1, -0.05) is 56.3 Å². The topological polar surface area (TPSA) is 12.0 Å². The first-order valence-electron chi connectivity index (χ1n) is 8.73. The van der Waals surface area contributed by atoms with Crippen molar-refractivity contribution in [1.29, 1.82) is 0 Å². The van der Waals surface area contributed by atoms with Gasteiger partial charge in [-0.05, 0) is 29.7 Å². The highest BCUT2D eigenvalue weighted by Gasteiger charge is 2.33. The molecule has 0 radical (unpaired) electrons. The third-order valence-corrected chi connectivity index (χ3v) is 5.97. The van der Waals surface area contributed by atoms with E-state index >= 15 is 0 Å². The lowest BCUT2D eigenvalue weighted by Gasteiger charge is -2.15. The number of anilines is 2. The lowest BCUT2D eigenvalue weighted by molar-refractivity contribution is -0.136. The minimum atomic E-state index is -4.36. The summed E-state index contributed by atoms with van der Waals surface area (Å²) in [6.45, 7) is 4.24. The monoisotopic (exact) mass is 385 g/mol. The second-order valence-corrected chi connectivity index (χ2v) is 7.85. The Morgan fingerprint density at radius 2 is 1.41 bits per heavy atom. The normalized spacial score (nSPS) is 12.2. The summed E-state index contributed by atoms with van der Waals surface area (Å²) >= 11 is 1.19. The summed E-state index contributed by atoms with van der Waals surface area (Å²) in [6, 6.07) is 18.1. The maximum Gasteiger partial charge on any atom is 0.417 e. The first-order chi connectivity index (χ1) is 12.9. The molecular formula is C22H18F3NS. The van der Waals surface area contributed by atoms with Crippen LogP contribution in [0.25, 0.3) is 20.2 Å². The van der Waals surface area contributed by atoms with Gasteiger partial charge in [0.25, 0.3) is 0 Å². The predicted molar refractivity (Wildman–Crippen MR) is 108 cm³/mol. The van der Waals surface area contributed by atoms with Gasteiger partial charge in [0.2, 0.25) is 0 Å². The van der Waals surface area contributed by atoms with Gasteiger partial charge in [0.1, 0.15) is 0 Å². The number of nitrogens with one attached hydrogen (secondary N) is 1.